The lowest BCUT2D eigenvalue weighted by Gasteiger charge is -2.19. The quantitative estimate of drug-likeness (QED) is 0.218. The number of carbonyl (C=O) groups is 5. The highest BCUT2D eigenvalue weighted by atomic mass is 16.5. The molecule has 188 valence electrons. The lowest BCUT2D eigenvalue weighted by molar-refractivity contribution is -0.133. The van der Waals surface area contributed by atoms with Crippen molar-refractivity contribution < 1.29 is 28.7 Å². The predicted octanol–water partition coefficient (Wildman–Crippen LogP) is 0.572. The molecular formula is C22H44N4O6. The van der Waals surface area contributed by atoms with Gasteiger partial charge in [0, 0.05) is 11.8 Å². The van der Waals surface area contributed by atoms with Gasteiger partial charge in [0.05, 0.1) is 12.6 Å². The number of hydrogen-bond acceptors (Lipinski definition) is 7. The minimum Gasteiger partial charge on any atom is -0.372 e. The van der Waals surface area contributed by atoms with E-state index >= 15 is 0 Å². The van der Waals surface area contributed by atoms with Gasteiger partial charge in [0.2, 0.25) is 18.2 Å². The van der Waals surface area contributed by atoms with E-state index in [1.54, 1.807) is 27.7 Å². The van der Waals surface area contributed by atoms with Crippen LogP contribution in [0.5, 0.6) is 0 Å². The Morgan fingerprint density at radius 1 is 0.969 bits per heavy atom. The monoisotopic (exact) mass is 460 g/mol. The molecule has 0 bridgehead atoms. The molecule has 0 saturated carbocycles. The van der Waals surface area contributed by atoms with Crippen LogP contribution in [0.1, 0.15) is 60.8 Å². The van der Waals surface area contributed by atoms with Crippen molar-refractivity contribution in [3.8, 4) is 0 Å². The summed E-state index contributed by atoms with van der Waals surface area (Å²) in [4.78, 5) is 55.8. The van der Waals surface area contributed by atoms with Crippen molar-refractivity contribution in [2.45, 2.75) is 66.8 Å². The summed E-state index contributed by atoms with van der Waals surface area (Å²) in [5, 5.41) is 8.09. The number of ether oxygens (including phenoxy) is 1. The van der Waals surface area contributed by atoms with E-state index in [2.05, 4.69) is 35.5 Å². The number of ketones is 2. The normalized spacial score (nSPS) is 10.8. The van der Waals surface area contributed by atoms with Crippen LogP contribution in [0.3, 0.4) is 0 Å². The first-order chi connectivity index (χ1) is 15.0. The third-order valence-corrected chi connectivity index (χ3v) is 3.73. The van der Waals surface area contributed by atoms with Gasteiger partial charge in [-0.25, -0.2) is 0 Å². The molecule has 0 rings (SSSR count). The third kappa shape index (κ3) is 22.4. The molecule has 0 aliphatic heterocycles. The fraction of sp³-hybridized carbons (Fsp3) is 0.773. The van der Waals surface area contributed by atoms with E-state index in [0.717, 1.165) is 13.0 Å². The first-order valence-corrected chi connectivity index (χ1v) is 11.0. The number of primary amides is 1. The summed E-state index contributed by atoms with van der Waals surface area (Å²) in [6, 6.07) is -0.562. The van der Waals surface area contributed by atoms with E-state index in [-0.39, 0.29) is 49.6 Å². The van der Waals surface area contributed by atoms with Crippen LogP contribution >= 0.6 is 0 Å². The van der Waals surface area contributed by atoms with Gasteiger partial charge in [-0.05, 0) is 26.4 Å². The molecule has 0 aliphatic rings. The molecule has 1 atom stereocenters. The zero-order valence-electron chi connectivity index (χ0n) is 20.8. The Bertz CT molecular complexity index is 539. The second-order valence-corrected chi connectivity index (χ2v) is 7.66. The van der Waals surface area contributed by atoms with E-state index in [1.807, 2.05) is 7.05 Å². The minimum absolute atomic E-state index is 0.0312. The molecule has 1 unspecified atom stereocenters. The maximum Gasteiger partial charge on any atom is 0.246 e. The summed E-state index contributed by atoms with van der Waals surface area (Å²) in [6.07, 6.45) is 2.79. The van der Waals surface area contributed by atoms with Crippen LogP contribution in [-0.4, -0.2) is 69.2 Å². The largest absolute Gasteiger partial charge is 0.372 e. The van der Waals surface area contributed by atoms with E-state index < -0.39 is 17.9 Å². The van der Waals surface area contributed by atoms with Crippen LogP contribution in [0.4, 0.5) is 0 Å². The Morgan fingerprint density at radius 2 is 1.50 bits per heavy atom. The number of carbonyl (C=O) groups excluding carboxylic acids is 5. The van der Waals surface area contributed by atoms with Gasteiger partial charge in [-0.15, -0.1) is 0 Å². The zero-order chi connectivity index (χ0) is 25.5. The molecule has 0 aromatic heterocycles. The van der Waals surface area contributed by atoms with Crippen LogP contribution in [0.15, 0.2) is 0 Å². The Hall–Kier alpha value is -2.33. The molecular weight excluding hydrogens is 416 g/mol. The summed E-state index contributed by atoms with van der Waals surface area (Å²) >= 11 is 0. The maximum absolute atomic E-state index is 12.2. The number of hydrogen-bond donors (Lipinski definition) is 4. The Balaban J connectivity index is -0.00000125. The Labute approximate surface area is 192 Å². The van der Waals surface area contributed by atoms with E-state index in [0.29, 0.717) is 6.42 Å². The lowest BCUT2D eigenvalue weighted by atomic mass is 9.98. The van der Waals surface area contributed by atoms with Crippen molar-refractivity contribution in [2.24, 2.45) is 17.6 Å². The maximum atomic E-state index is 12.2. The summed E-state index contributed by atoms with van der Waals surface area (Å²) in [7, 11) is 1.82. The van der Waals surface area contributed by atoms with Crippen molar-refractivity contribution in [3.63, 3.8) is 0 Å². The van der Waals surface area contributed by atoms with Gasteiger partial charge in [0.1, 0.15) is 13.2 Å². The molecule has 10 heteroatoms. The summed E-state index contributed by atoms with van der Waals surface area (Å²) in [5.41, 5.74) is 4.17. The van der Waals surface area contributed by atoms with Gasteiger partial charge in [-0.2, -0.15) is 0 Å². The molecule has 0 radical (unpaired) electrons. The van der Waals surface area contributed by atoms with Gasteiger partial charge < -0.3 is 26.4 Å². The van der Waals surface area contributed by atoms with Crippen LogP contribution in [0.25, 0.3) is 0 Å². The fourth-order valence-electron chi connectivity index (χ4n) is 2.06. The van der Waals surface area contributed by atoms with Gasteiger partial charge >= 0.3 is 0 Å². The van der Waals surface area contributed by atoms with Crippen LogP contribution in [0, 0.1) is 11.8 Å². The van der Waals surface area contributed by atoms with Gasteiger partial charge in [-0.3, -0.25) is 24.0 Å². The van der Waals surface area contributed by atoms with Gasteiger partial charge in [-0.1, -0.05) is 48.0 Å². The zero-order valence-corrected chi connectivity index (χ0v) is 20.8. The molecule has 3 amide bonds. The molecule has 0 aromatic carbocycles. The van der Waals surface area contributed by atoms with Crippen molar-refractivity contribution in [2.75, 3.05) is 33.4 Å². The highest BCUT2D eigenvalue weighted by molar-refractivity contribution is 5.92. The summed E-state index contributed by atoms with van der Waals surface area (Å²) < 4.78 is 5.01. The van der Waals surface area contributed by atoms with E-state index in [4.69, 9.17) is 9.53 Å². The number of amides is 3. The SMILES string of the molecule is CCC.CNCCCC(NC(=O)CNC(=O)COCC(=O)C(C)C)C(=O)C(C)C.NC=O. The Morgan fingerprint density at radius 3 is 1.94 bits per heavy atom. The Kier molecular flexibility index (Phi) is 25.0. The molecule has 0 heterocycles. The summed E-state index contributed by atoms with van der Waals surface area (Å²) in [5.74, 6) is -1.37. The van der Waals surface area contributed by atoms with Crippen molar-refractivity contribution in [3.05, 3.63) is 0 Å². The van der Waals surface area contributed by atoms with E-state index in [1.165, 1.54) is 6.42 Å². The molecule has 10 nitrogen and oxygen atoms in total. The highest BCUT2D eigenvalue weighted by Crippen LogP contribution is 2.06. The molecule has 32 heavy (non-hydrogen) atoms. The molecule has 0 saturated heterocycles. The first-order valence-electron chi connectivity index (χ1n) is 11.0. The number of nitrogens with two attached hydrogens (primary N) is 1. The van der Waals surface area contributed by atoms with Crippen molar-refractivity contribution in [1.29, 1.82) is 0 Å². The highest BCUT2D eigenvalue weighted by Gasteiger charge is 2.22. The van der Waals surface area contributed by atoms with Crippen molar-refractivity contribution in [1.82, 2.24) is 16.0 Å². The van der Waals surface area contributed by atoms with Crippen LogP contribution in [0.2, 0.25) is 0 Å². The van der Waals surface area contributed by atoms with Gasteiger partial charge in [0.25, 0.3) is 0 Å². The second kappa shape index (κ2) is 23.3. The number of rotatable bonds is 14. The average molecular weight is 461 g/mol. The standard InChI is InChI=1S/C18H33N3O5.C3H8.CH3NO/c1-12(2)15(22)10-26-11-17(24)20-9-16(23)21-14(7-6-8-19-5)18(25)13(3)4;1-3-2;2-1-3/h12-14,19H,6-11H2,1-5H3,(H,20,24)(H,21,23);3H2,1-2H3;1H,(H2,2,3). The predicted molar refractivity (Wildman–Crippen MR) is 125 cm³/mol. The minimum atomic E-state index is -0.562. The molecule has 5 N–H and O–H groups in total. The lowest BCUT2D eigenvalue weighted by Crippen LogP contribution is -2.47. The second-order valence-electron chi connectivity index (χ2n) is 7.66. The number of nitrogens with one attached hydrogen (secondary N) is 3. The fourth-order valence-corrected chi connectivity index (χ4v) is 2.06. The third-order valence-electron chi connectivity index (χ3n) is 3.73. The molecule has 0 aliphatic carbocycles. The van der Waals surface area contributed by atoms with Crippen LogP contribution < -0.4 is 21.7 Å². The first kappa shape index (κ1) is 34.3. The van der Waals surface area contributed by atoms with E-state index in [9.17, 15) is 19.2 Å². The van der Waals surface area contributed by atoms with Gasteiger partial charge in [0.15, 0.2) is 11.6 Å². The number of Topliss-reactive ketones (excluding diaryl/α,β-unsaturated/α-hetero) is 2. The van der Waals surface area contributed by atoms with Crippen LogP contribution in [-0.2, 0) is 28.7 Å². The molecule has 0 spiro atoms. The summed E-state index contributed by atoms with van der Waals surface area (Å²) in [6.45, 7) is 11.4. The molecule has 0 aromatic rings. The molecule has 0 fully saturated rings. The smallest absolute Gasteiger partial charge is 0.246 e. The average Bonchev–Trinajstić information content (AvgIpc) is 2.72. The topological polar surface area (TPSA) is 157 Å². The van der Waals surface area contributed by atoms with Crippen molar-refractivity contribution >= 4 is 29.8 Å².